The molecule has 4 heterocycles. The van der Waals surface area contributed by atoms with Crippen LogP contribution in [0.1, 0.15) is 85.9 Å². The Labute approximate surface area is 304 Å². The number of aromatic nitrogens is 3. The molecule has 3 aromatic heterocycles. The molecule has 1 saturated heterocycles. The van der Waals surface area contributed by atoms with Crippen molar-refractivity contribution in [3.05, 3.63) is 95.7 Å². The van der Waals surface area contributed by atoms with Gasteiger partial charge in [-0.2, -0.15) is 13.2 Å². The number of benzene rings is 3. The van der Waals surface area contributed by atoms with E-state index >= 15 is 0 Å². The van der Waals surface area contributed by atoms with Gasteiger partial charge in [-0.05, 0) is 42.3 Å². The predicted octanol–water partition coefficient (Wildman–Crippen LogP) is 11.9. The number of anilines is 1. The van der Waals surface area contributed by atoms with E-state index in [2.05, 4.69) is 28.3 Å². The molecule has 0 unspecified atom stereocenters. The summed E-state index contributed by atoms with van der Waals surface area (Å²) in [7, 11) is 0. The van der Waals surface area contributed by atoms with E-state index in [-0.39, 0.29) is 17.6 Å². The van der Waals surface area contributed by atoms with E-state index in [9.17, 15) is 18.0 Å². The minimum absolute atomic E-state index is 0.161. The van der Waals surface area contributed by atoms with Crippen molar-refractivity contribution in [1.29, 1.82) is 0 Å². The number of H-pyrrole nitrogens is 2. The number of carbonyl (C=O) groups is 1. The maximum Gasteiger partial charge on any atom is 0.416 e. The summed E-state index contributed by atoms with van der Waals surface area (Å²) >= 11 is 2.90. The quantitative estimate of drug-likeness (QED) is 0.0976. The summed E-state index contributed by atoms with van der Waals surface area (Å²) in [6.07, 6.45) is 5.39. The zero-order valence-electron chi connectivity index (χ0n) is 28.6. The van der Waals surface area contributed by atoms with Gasteiger partial charge in [0.05, 0.1) is 28.1 Å². The van der Waals surface area contributed by atoms with Crippen LogP contribution in [0, 0.1) is 0 Å². The average Bonchev–Trinajstić information content (AvgIpc) is 3.94. The van der Waals surface area contributed by atoms with E-state index in [1.807, 2.05) is 53.4 Å². The number of amides is 1. The summed E-state index contributed by atoms with van der Waals surface area (Å²) in [5.74, 6) is 1.76. The molecule has 0 radical (unpaired) electrons. The summed E-state index contributed by atoms with van der Waals surface area (Å²) in [5.41, 5.74) is 3.37. The molecule has 266 valence electrons. The van der Waals surface area contributed by atoms with Gasteiger partial charge in [0, 0.05) is 39.7 Å². The van der Waals surface area contributed by atoms with Crippen LogP contribution in [0.25, 0.3) is 42.9 Å². The number of carbonyl (C=O) groups excluding carboxylic acids is 1. The Morgan fingerprint density at radius 2 is 1.65 bits per heavy atom. The fourth-order valence-corrected chi connectivity index (χ4v) is 9.13. The molecule has 11 heteroatoms. The van der Waals surface area contributed by atoms with Crippen LogP contribution in [-0.2, 0) is 6.18 Å². The normalized spacial score (nSPS) is 15.0. The third-order valence-electron chi connectivity index (χ3n) is 9.60. The first-order valence-electron chi connectivity index (χ1n) is 17.8. The lowest BCUT2D eigenvalue weighted by molar-refractivity contribution is -0.137. The zero-order valence-corrected chi connectivity index (χ0v) is 30.2. The van der Waals surface area contributed by atoms with Gasteiger partial charge in [-0.15, -0.1) is 23.1 Å². The molecule has 3 N–H and O–H groups in total. The van der Waals surface area contributed by atoms with Gasteiger partial charge in [0.15, 0.2) is 0 Å². The summed E-state index contributed by atoms with van der Waals surface area (Å²) in [6, 6.07) is 22.8. The number of nitrogens with zero attached hydrogens (tertiary/aromatic N) is 2. The van der Waals surface area contributed by atoms with Crippen molar-refractivity contribution in [2.45, 2.75) is 70.5 Å². The molecule has 1 atom stereocenters. The SMILES string of the molecule is CCCCCCCCCCNc1[nH]c2ccccc2c1[C@@H]1CSCN1C(=O)c1nc(-c2cc3ccccc3[nH]2)sc1-c1cccc(C(F)(F)F)c1. The minimum atomic E-state index is -4.52. The number of thioether (sulfide) groups is 1. The van der Waals surface area contributed by atoms with Gasteiger partial charge in [0.2, 0.25) is 0 Å². The summed E-state index contributed by atoms with van der Waals surface area (Å²) in [5, 5.41) is 6.24. The first-order valence-corrected chi connectivity index (χ1v) is 19.8. The van der Waals surface area contributed by atoms with E-state index in [0.717, 1.165) is 58.3 Å². The smallest absolute Gasteiger partial charge is 0.371 e. The fraction of sp³-hybridized carbons (Fsp3) is 0.350. The minimum Gasteiger partial charge on any atom is -0.371 e. The maximum atomic E-state index is 14.7. The first-order chi connectivity index (χ1) is 24.8. The lowest BCUT2D eigenvalue weighted by atomic mass is 10.0. The number of nitrogens with one attached hydrogen (secondary N) is 3. The van der Waals surface area contributed by atoms with Crippen LogP contribution >= 0.6 is 23.1 Å². The van der Waals surface area contributed by atoms with Gasteiger partial charge >= 0.3 is 6.18 Å². The predicted molar refractivity (Wildman–Crippen MR) is 205 cm³/mol. The molecule has 7 rings (SSSR count). The molecule has 0 saturated carbocycles. The van der Waals surface area contributed by atoms with E-state index in [0.29, 0.717) is 32.8 Å². The average molecular weight is 730 g/mol. The van der Waals surface area contributed by atoms with Crippen LogP contribution in [0.3, 0.4) is 0 Å². The maximum absolute atomic E-state index is 14.7. The molecule has 0 spiro atoms. The largest absolute Gasteiger partial charge is 0.416 e. The number of rotatable bonds is 14. The number of unbranched alkanes of at least 4 members (excludes halogenated alkanes) is 7. The molecule has 6 aromatic rings. The molecule has 1 fully saturated rings. The van der Waals surface area contributed by atoms with Crippen LogP contribution in [0.2, 0.25) is 0 Å². The lowest BCUT2D eigenvalue weighted by Gasteiger charge is -2.25. The molecule has 1 aliphatic rings. The third kappa shape index (κ3) is 7.70. The number of thiazole rings is 1. The Kier molecular flexibility index (Phi) is 10.7. The van der Waals surface area contributed by atoms with Crippen LogP contribution in [0.15, 0.2) is 78.9 Å². The van der Waals surface area contributed by atoms with Crippen LogP contribution < -0.4 is 5.32 Å². The monoisotopic (exact) mass is 729 g/mol. The second-order valence-corrected chi connectivity index (χ2v) is 15.2. The number of alkyl halides is 3. The van der Waals surface area contributed by atoms with Gasteiger partial charge in [0.25, 0.3) is 5.91 Å². The number of fused-ring (bicyclic) bond motifs is 2. The molecule has 51 heavy (non-hydrogen) atoms. The number of halogens is 3. The van der Waals surface area contributed by atoms with E-state index < -0.39 is 11.7 Å². The van der Waals surface area contributed by atoms with Crippen molar-refractivity contribution in [3.8, 4) is 21.1 Å². The highest BCUT2D eigenvalue weighted by molar-refractivity contribution is 7.99. The van der Waals surface area contributed by atoms with Crippen molar-refractivity contribution < 1.29 is 18.0 Å². The topological polar surface area (TPSA) is 76.8 Å². The molecular weight excluding hydrogens is 688 g/mol. The Balaban J connectivity index is 1.20. The van der Waals surface area contributed by atoms with E-state index in [1.54, 1.807) is 17.8 Å². The van der Waals surface area contributed by atoms with Gasteiger partial charge < -0.3 is 20.2 Å². The highest BCUT2D eigenvalue weighted by atomic mass is 32.2. The van der Waals surface area contributed by atoms with E-state index in [4.69, 9.17) is 4.98 Å². The number of hydrogen-bond donors (Lipinski definition) is 3. The van der Waals surface area contributed by atoms with Gasteiger partial charge in [-0.25, -0.2) is 4.98 Å². The van der Waals surface area contributed by atoms with Crippen molar-refractivity contribution in [2.24, 2.45) is 0 Å². The molecule has 1 aliphatic heterocycles. The molecule has 0 aliphatic carbocycles. The van der Waals surface area contributed by atoms with E-state index in [1.165, 1.54) is 62.3 Å². The fourth-order valence-electron chi connectivity index (χ4n) is 6.94. The number of para-hydroxylation sites is 2. The van der Waals surface area contributed by atoms with Crippen molar-refractivity contribution in [1.82, 2.24) is 19.9 Å². The lowest BCUT2D eigenvalue weighted by Crippen LogP contribution is -2.32. The second kappa shape index (κ2) is 15.6. The summed E-state index contributed by atoms with van der Waals surface area (Å²) < 4.78 is 41.6. The number of aromatic amines is 2. The summed E-state index contributed by atoms with van der Waals surface area (Å²) in [6.45, 7) is 3.06. The first kappa shape index (κ1) is 35.2. The highest BCUT2D eigenvalue weighted by Gasteiger charge is 2.38. The van der Waals surface area contributed by atoms with Crippen molar-refractivity contribution in [2.75, 3.05) is 23.5 Å². The Morgan fingerprint density at radius 1 is 0.902 bits per heavy atom. The second-order valence-electron chi connectivity index (χ2n) is 13.2. The van der Waals surface area contributed by atoms with Gasteiger partial charge in [-0.3, -0.25) is 4.79 Å². The molecule has 6 nitrogen and oxygen atoms in total. The van der Waals surface area contributed by atoms with Crippen LogP contribution in [-0.4, -0.2) is 43.9 Å². The Morgan fingerprint density at radius 3 is 2.43 bits per heavy atom. The summed E-state index contributed by atoms with van der Waals surface area (Å²) in [4.78, 5) is 28.8. The highest BCUT2D eigenvalue weighted by Crippen LogP contribution is 2.44. The van der Waals surface area contributed by atoms with Crippen LogP contribution in [0.4, 0.5) is 19.0 Å². The van der Waals surface area contributed by atoms with Crippen molar-refractivity contribution in [3.63, 3.8) is 0 Å². The molecule has 3 aromatic carbocycles. The number of hydrogen-bond acceptors (Lipinski definition) is 5. The third-order valence-corrected chi connectivity index (χ3v) is 11.7. The van der Waals surface area contributed by atoms with Gasteiger partial charge in [0.1, 0.15) is 16.5 Å². The Bertz CT molecular complexity index is 2080. The van der Waals surface area contributed by atoms with Crippen molar-refractivity contribution >= 4 is 56.6 Å². The van der Waals surface area contributed by atoms with Gasteiger partial charge in [-0.1, -0.05) is 100 Å². The molecular formula is C40H42F3N5OS2. The zero-order chi connectivity index (χ0) is 35.4. The Hall–Kier alpha value is -4.22. The van der Waals surface area contributed by atoms with Crippen LogP contribution in [0.5, 0.6) is 0 Å². The standard InChI is InChI=1S/C40H42F3N5OS2/c1-2-3-4-5-6-7-8-13-21-44-37-34(29-18-10-12-20-31(29)46-37)33-24-50-25-48(33)39(49)35-36(27-16-14-17-28(22-27)40(41,42)43)51-38(47-35)32-23-26-15-9-11-19-30(26)45-32/h9-12,14-20,22-23,33,44-46H,2-8,13,21,24-25H2,1H3/t33-/m0/s1. The molecule has 1 amide bonds. The molecule has 0 bridgehead atoms.